The zero-order valence-electron chi connectivity index (χ0n) is 22.6. The molecule has 0 amide bonds. The fourth-order valence-electron chi connectivity index (χ4n) is 3.70. The number of rotatable bonds is 13. The smallest absolute Gasteiger partial charge is 0.383 e. The van der Waals surface area contributed by atoms with E-state index < -0.39 is 11.6 Å². The van der Waals surface area contributed by atoms with Gasteiger partial charge in [0.15, 0.2) is 17.1 Å². The first-order valence-corrected chi connectivity index (χ1v) is 13.0. The van der Waals surface area contributed by atoms with Gasteiger partial charge in [-0.25, -0.2) is 9.59 Å². The van der Waals surface area contributed by atoms with Crippen molar-refractivity contribution < 1.29 is 23.4 Å². The Bertz CT molecular complexity index is 1360. The standard InChI is InChI=1S/C32H36O6/c1-5-6-7-11-21-36-30-29(38-31(33)25-16-9-8-10-17-25)26-18-13-19-27(28(26)37-32(30)34)35-22-20-24(4)15-12-14-23(2)3/h6-10,13-14,16-20H,5,11-12,15,21-22H2,1-4H3/b7-6?,24-20+. The first-order chi connectivity index (χ1) is 18.4. The Morgan fingerprint density at radius 1 is 0.895 bits per heavy atom. The van der Waals surface area contributed by atoms with Crippen LogP contribution in [-0.2, 0) is 0 Å². The summed E-state index contributed by atoms with van der Waals surface area (Å²) in [5, 5.41) is 0.412. The first-order valence-electron chi connectivity index (χ1n) is 13.0. The van der Waals surface area contributed by atoms with Gasteiger partial charge in [-0.15, -0.1) is 0 Å². The predicted octanol–water partition coefficient (Wildman–Crippen LogP) is 7.82. The summed E-state index contributed by atoms with van der Waals surface area (Å²) in [7, 11) is 0. The number of carbonyl (C=O) groups is 1. The van der Waals surface area contributed by atoms with Crippen molar-refractivity contribution >= 4 is 16.9 Å². The number of ether oxygens (including phenoxy) is 3. The summed E-state index contributed by atoms with van der Waals surface area (Å²) in [6, 6.07) is 13.8. The quantitative estimate of drug-likeness (QED) is 0.0998. The SMILES string of the molecule is CCC=CCCOc1c(OC(=O)c2ccccc2)c2cccc(OC/C=C(\C)CCC=C(C)C)c2oc1=O. The first kappa shape index (κ1) is 28.5. The molecule has 6 nitrogen and oxygen atoms in total. The normalized spacial score (nSPS) is 11.5. The molecule has 2 aromatic carbocycles. The van der Waals surface area contributed by atoms with E-state index in [1.165, 1.54) is 11.1 Å². The van der Waals surface area contributed by atoms with Crippen molar-refractivity contribution in [1.29, 1.82) is 0 Å². The highest BCUT2D eigenvalue weighted by Gasteiger charge is 2.23. The van der Waals surface area contributed by atoms with Crippen molar-refractivity contribution in [2.24, 2.45) is 0 Å². The summed E-state index contributed by atoms with van der Waals surface area (Å²) >= 11 is 0. The average molecular weight is 517 g/mol. The van der Waals surface area contributed by atoms with Crippen LogP contribution >= 0.6 is 0 Å². The van der Waals surface area contributed by atoms with Gasteiger partial charge < -0.3 is 18.6 Å². The van der Waals surface area contributed by atoms with E-state index >= 15 is 0 Å². The number of esters is 1. The van der Waals surface area contributed by atoms with Crippen LogP contribution < -0.4 is 19.8 Å². The summed E-state index contributed by atoms with van der Waals surface area (Å²) in [6.07, 6.45) is 11.6. The molecule has 0 saturated carbocycles. The summed E-state index contributed by atoms with van der Waals surface area (Å²) < 4.78 is 23.1. The second-order valence-corrected chi connectivity index (χ2v) is 9.13. The number of carbonyl (C=O) groups excluding carboxylic acids is 1. The number of hydrogen-bond acceptors (Lipinski definition) is 6. The van der Waals surface area contributed by atoms with Crippen LogP contribution in [0.5, 0.6) is 17.2 Å². The summed E-state index contributed by atoms with van der Waals surface area (Å²) in [4.78, 5) is 26.0. The molecule has 0 spiro atoms. The highest BCUT2D eigenvalue weighted by Crippen LogP contribution is 2.37. The van der Waals surface area contributed by atoms with Crippen molar-refractivity contribution in [2.45, 2.75) is 53.4 Å². The van der Waals surface area contributed by atoms with Gasteiger partial charge in [-0.3, -0.25) is 0 Å². The van der Waals surface area contributed by atoms with Crippen LogP contribution in [0.15, 0.2) is 93.2 Å². The maximum atomic E-state index is 13.0. The zero-order chi connectivity index (χ0) is 27.3. The molecule has 1 heterocycles. The molecule has 0 saturated heterocycles. The van der Waals surface area contributed by atoms with Gasteiger partial charge in [0, 0.05) is 0 Å². The minimum atomic E-state index is -0.739. The lowest BCUT2D eigenvalue weighted by Gasteiger charge is -2.14. The lowest BCUT2D eigenvalue weighted by atomic mass is 10.1. The molecule has 0 radical (unpaired) electrons. The summed E-state index contributed by atoms with van der Waals surface area (Å²) in [5.41, 5.74) is 2.31. The molecule has 3 aromatic rings. The molecule has 0 aliphatic heterocycles. The molecule has 0 atom stereocenters. The lowest BCUT2D eigenvalue weighted by molar-refractivity contribution is 0.0729. The average Bonchev–Trinajstić information content (AvgIpc) is 2.90. The fraction of sp³-hybridized carbons (Fsp3) is 0.312. The molecular formula is C32H36O6. The van der Waals surface area contributed by atoms with Crippen molar-refractivity contribution in [3.05, 3.63) is 100.0 Å². The predicted molar refractivity (Wildman–Crippen MR) is 151 cm³/mol. The summed E-state index contributed by atoms with van der Waals surface area (Å²) in [6.45, 7) is 8.81. The van der Waals surface area contributed by atoms with Crippen LogP contribution in [0.1, 0.15) is 63.7 Å². The number of hydrogen-bond donors (Lipinski definition) is 0. The zero-order valence-corrected chi connectivity index (χ0v) is 22.6. The maximum absolute atomic E-state index is 13.0. The Labute approximate surface area is 224 Å². The van der Waals surface area contributed by atoms with Gasteiger partial charge in [-0.05, 0) is 76.8 Å². The van der Waals surface area contributed by atoms with Gasteiger partial charge in [0.25, 0.3) is 0 Å². The van der Waals surface area contributed by atoms with E-state index in [-0.39, 0.29) is 23.7 Å². The molecular weight excluding hydrogens is 480 g/mol. The van der Waals surface area contributed by atoms with E-state index in [0.29, 0.717) is 29.7 Å². The van der Waals surface area contributed by atoms with Crippen LogP contribution in [0.25, 0.3) is 11.0 Å². The van der Waals surface area contributed by atoms with Gasteiger partial charge in [0.2, 0.25) is 5.75 Å². The van der Waals surface area contributed by atoms with E-state index in [0.717, 1.165) is 19.3 Å². The van der Waals surface area contributed by atoms with E-state index in [2.05, 4.69) is 26.8 Å². The van der Waals surface area contributed by atoms with Crippen LogP contribution in [0.3, 0.4) is 0 Å². The second kappa shape index (κ2) is 14.6. The maximum Gasteiger partial charge on any atom is 0.383 e. The summed E-state index contributed by atoms with van der Waals surface area (Å²) in [5.74, 6) is -0.348. The molecule has 0 N–H and O–H groups in total. The van der Waals surface area contributed by atoms with Crippen molar-refractivity contribution in [3.8, 4) is 17.2 Å². The van der Waals surface area contributed by atoms with Gasteiger partial charge >= 0.3 is 11.6 Å². The second-order valence-electron chi connectivity index (χ2n) is 9.13. The molecule has 0 fully saturated rings. The van der Waals surface area contributed by atoms with Gasteiger partial charge in [0.1, 0.15) is 6.61 Å². The molecule has 0 unspecified atom stereocenters. The van der Waals surface area contributed by atoms with Crippen molar-refractivity contribution in [3.63, 3.8) is 0 Å². The number of allylic oxidation sites excluding steroid dienone is 4. The molecule has 38 heavy (non-hydrogen) atoms. The number of para-hydroxylation sites is 1. The third-order valence-electron chi connectivity index (χ3n) is 5.71. The van der Waals surface area contributed by atoms with Crippen LogP contribution in [-0.4, -0.2) is 19.2 Å². The third-order valence-corrected chi connectivity index (χ3v) is 5.71. The topological polar surface area (TPSA) is 75.0 Å². The van der Waals surface area contributed by atoms with Gasteiger partial charge in [-0.1, -0.05) is 60.6 Å². The van der Waals surface area contributed by atoms with Crippen molar-refractivity contribution in [2.75, 3.05) is 13.2 Å². The minimum absolute atomic E-state index is 0.0171. The molecule has 0 aliphatic carbocycles. The minimum Gasteiger partial charge on any atom is -0.486 e. The van der Waals surface area contributed by atoms with Crippen LogP contribution in [0.2, 0.25) is 0 Å². The van der Waals surface area contributed by atoms with Crippen LogP contribution in [0.4, 0.5) is 0 Å². The molecule has 3 rings (SSSR count). The Morgan fingerprint density at radius 2 is 1.68 bits per heavy atom. The largest absolute Gasteiger partial charge is 0.486 e. The van der Waals surface area contributed by atoms with E-state index in [1.807, 2.05) is 31.2 Å². The van der Waals surface area contributed by atoms with Gasteiger partial charge in [0.05, 0.1) is 17.6 Å². The molecule has 0 aliphatic rings. The van der Waals surface area contributed by atoms with E-state index in [9.17, 15) is 9.59 Å². The molecule has 6 heteroatoms. The monoisotopic (exact) mass is 516 g/mol. The number of benzene rings is 2. The fourth-order valence-corrected chi connectivity index (χ4v) is 3.70. The highest BCUT2D eigenvalue weighted by atomic mass is 16.6. The van der Waals surface area contributed by atoms with E-state index in [4.69, 9.17) is 18.6 Å². The molecule has 200 valence electrons. The lowest BCUT2D eigenvalue weighted by Crippen LogP contribution is -2.15. The third kappa shape index (κ3) is 8.23. The Hall–Kier alpha value is -4.06. The molecule has 1 aromatic heterocycles. The van der Waals surface area contributed by atoms with Gasteiger partial charge in [-0.2, -0.15) is 0 Å². The molecule has 0 bridgehead atoms. The highest BCUT2D eigenvalue weighted by molar-refractivity contribution is 5.96. The van der Waals surface area contributed by atoms with E-state index in [1.54, 1.807) is 42.5 Å². The Balaban J connectivity index is 1.92. The van der Waals surface area contributed by atoms with Crippen molar-refractivity contribution in [1.82, 2.24) is 0 Å². The Kier molecular flexibility index (Phi) is 11.0. The van der Waals surface area contributed by atoms with Crippen LogP contribution in [0, 0.1) is 0 Å². The Morgan fingerprint density at radius 3 is 2.42 bits per heavy atom. The number of fused-ring (bicyclic) bond motifs is 1.